The minimum absolute atomic E-state index is 0.176. The molecule has 162 valence electrons. The Labute approximate surface area is 188 Å². The Morgan fingerprint density at radius 1 is 1.00 bits per heavy atom. The Kier molecular flexibility index (Phi) is 7.42. The lowest BCUT2D eigenvalue weighted by Crippen LogP contribution is -2.20. The monoisotopic (exact) mass is 438 g/mol. The van der Waals surface area contributed by atoms with Gasteiger partial charge in [0.05, 0.1) is 12.1 Å². The van der Waals surface area contributed by atoms with Crippen LogP contribution in [0, 0.1) is 20.8 Å². The van der Waals surface area contributed by atoms with Crippen LogP contribution in [0.25, 0.3) is 0 Å². The maximum absolute atomic E-state index is 12.3. The molecule has 0 fully saturated rings. The number of hydrogen-bond donors (Lipinski definition) is 2. The highest BCUT2D eigenvalue weighted by molar-refractivity contribution is 6.32. The number of halogens is 1. The summed E-state index contributed by atoms with van der Waals surface area (Å²) in [6.07, 6.45) is 0. The first-order valence-corrected chi connectivity index (χ1v) is 10.4. The van der Waals surface area contributed by atoms with E-state index in [2.05, 4.69) is 42.7 Å². The molecule has 3 aromatic carbocycles. The van der Waals surface area contributed by atoms with E-state index in [1.165, 1.54) is 11.1 Å². The van der Waals surface area contributed by atoms with Gasteiger partial charge < -0.3 is 20.1 Å². The fourth-order valence-electron chi connectivity index (χ4n) is 3.28. The molecule has 0 aliphatic heterocycles. The summed E-state index contributed by atoms with van der Waals surface area (Å²) in [7, 11) is 1.55. The number of rotatable bonds is 8. The summed E-state index contributed by atoms with van der Waals surface area (Å²) in [5.74, 6) is 0.552. The third-order valence-corrected chi connectivity index (χ3v) is 5.08. The molecule has 0 saturated heterocycles. The maximum Gasteiger partial charge on any atom is 0.262 e. The second-order valence-corrected chi connectivity index (χ2v) is 7.89. The molecule has 3 rings (SSSR count). The van der Waals surface area contributed by atoms with Gasteiger partial charge >= 0.3 is 0 Å². The van der Waals surface area contributed by atoms with E-state index in [1.54, 1.807) is 7.11 Å². The highest BCUT2D eigenvalue weighted by Gasteiger charge is 2.14. The van der Waals surface area contributed by atoms with Crippen molar-refractivity contribution in [3.8, 4) is 11.5 Å². The molecular weight excluding hydrogens is 412 g/mol. The minimum atomic E-state index is -0.274. The molecule has 2 N–H and O–H groups in total. The number of ether oxygens (including phenoxy) is 2. The van der Waals surface area contributed by atoms with Crippen LogP contribution in [-0.4, -0.2) is 19.6 Å². The number of hydrogen-bond acceptors (Lipinski definition) is 4. The molecule has 0 spiro atoms. The van der Waals surface area contributed by atoms with E-state index in [1.807, 2.05) is 43.3 Å². The SMILES string of the molecule is COc1cc(CNc2ccc(C)cc2C)cc(Cl)c1OCC(=O)Nc1cccc(C)c1. The standard InChI is InChI=1S/C25H27ClN2O3/c1-16-6-5-7-20(11-16)28-24(29)15-31-25-21(26)12-19(13-23(25)30-4)14-27-22-9-8-17(2)10-18(22)3/h5-13,27H,14-15H2,1-4H3,(H,28,29). The van der Waals surface area contributed by atoms with Crippen LogP contribution in [-0.2, 0) is 11.3 Å². The Morgan fingerprint density at radius 3 is 2.48 bits per heavy atom. The van der Waals surface area contributed by atoms with Gasteiger partial charge in [-0.05, 0) is 67.8 Å². The summed E-state index contributed by atoms with van der Waals surface area (Å²) >= 11 is 6.45. The van der Waals surface area contributed by atoms with Gasteiger partial charge in [-0.15, -0.1) is 0 Å². The Bertz CT molecular complexity index is 1080. The predicted molar refractivity (Wildman–Crippen MR) is 127 cm³/mol. The smallest absolute Gasteiger partial charge is 0.262 e. The Balaban J connectivity index is 1.65. The largest absolute Gasteiger partial charge is 0.493 e. The van der Waals surface area contributed by atoms with Crippen molar-refractivity contribution in [2.24, 2.45) is 0 Å². The van der Waals surface area contributed by atoms with E-state index in [4.69, 9.17) is 21.1 Å². The molecule has 0 heterocycles. The van der Waals surface area contributed by atoms with Gasteiger partial charge in [0, 0.05) is 17.9 Å². The van der Waals surface area contributed by atoms with Crippen LogP contribution in [0.3, 0.4) is 0 Å². The van der Waals surface area contributed by atoms with Gasteiger partial charge in [0.25, 0.3) is 5.91 Å². The summed E-state index contributed by atoms with van der Waals surface area (Å²) in [6, 6.07) is 17.5. The lowest BCUT2D eigenvalue weighted by Gasteiger charge is -2.15. The molecule has 0 aliphatic rings. The maximum atomic E-state index is 12.3. The van der Waals surface area contributed by atoms with E-state index >= 15 is 0 Å². The Hall–Kier alpha value is -3.18. The minimum Gasteiger partial charge on any atom is -0.493 e. The quantitative estimate of drug-likeness (QED) is 0.459. The van der Waals surface area contributed by atoms with Crippen molar-refractivity contribution in [3.05, 3.63) is 81.9 Å². The number of carbonyl (C=O) groups is 1. The van der Waals surface area contributed by atoms with Crippen molar-refractivity contribution >= 4 is 28.9 Å². The molecule has 0 aromatic heterocycles. The lowest BCUT2D eigenvalue weighted by molar-refractivity contribution is -0.118. The van der Waals surface area contributed by atoms with Gasteiger partial charge in [0.1, 0.15) is 0 Å². The van der Waals surface area contributed by atoms with Crippen molar-refractivity contribution in [3.63, 3.8) is 0 Å². The first kappa shape index (κ1) is 22.5. The number of anilines is 2. The van der Waals surface area contributed by atoms with E-state index in [0.29, 0.717) is 23.1 Å². The summed E-state index contributed by atoms with van der Waals surface area (Å²) in [6.45, 7) is 6.51. The normalized spacial score (nSPS) is 10.5. The van der Waals surface area contributed by atoms with Crippen LogP contribution in [0.1, 0.15) is 22.3 Å². The molecule has 0 bridgehead atoms. The van der Waals surface area contributed by atoms with Gasteiger partial charge in [0.2, 0.25) is 0 Å². The lowest BCUT2D eigenvalue weighted by atomic mass is 10.1. The summed E-state index contributed by atoms with van der Waals surface area (Å²) < 4.78 is 11.1. The molecule has 0 saturated carbocycles. The van der Waals surface area contributed by atoms with Crippen LogP contribution in [0.5, 0.6) is 11.5 Å². The molecule has 6 heteroatoms. The number of methoxy groups -OCH3 is 1. The zero-order chi connectivity index (χ0) is 22.4. The van der Waals surface area contributed by atoms with Crippen molar-refractivity contribution in [2.75, 3.05) is 24.4 Å². The van der Waals surface area contributed by atoms with Crippen molar-refractivity contribution in [1.29, 1.82) is 0 Å². The predicted octanol–water partition coefficient (Wildman–Crippen LogP) is 5.90. The van der Waals surface area contributed by atoms with Crippen LogP contribution in [0.4, 0.5) is 11.4 Å². The number of aryl methyl sites for hydroxylation is 3. The molecule has 0 unspecified atom stereocenters. The third kappa shape index (κ3) is 6.15. The number of carbonyl (C=O) groups excluding carboxylic acids is 1. The summed E-state index contributed by atoms with van der Waals surface area (Å²) in [5.41, 5.74) is 6.19. The van der Waals surface area contributed by atoms with Gasteiger partial charge in [-0.25, -0.2) is 0 Å². The number of amides is 1. The molecular formula is C25H27ClN2O3. The van der Waals surface area contributed by atoms with Crippen LogP contribution in [0.15, 0.2) is 54.6 Å². The van der Waals surface area contributed by atoms with Crippen molar-refractivity contribution in [2.45, 2.75) is 27.3 Å². The van der Waals surface area contributed by atoms with Gasteiger partial charge in [-0.1, -0.05) is 41.4 Å². The number of nitrogens with one attached hydrogen (secondary N) is 2. The average Bonchev–Trinajstić information content (AvgIpc) is 2.72. The first-order valence-electron chi connectivity index (χ1n) is 10.0. The molecule has 5 nitrogen and oxygen atoms in total. The van der Waals surface area contributed by atoms with Crippen LogP contribution >= 0.6 is 11.6 Å². The second kappa shape index (κ2) is 10.2. The molecule has 0 aliphatic carbocycles. The Morgan fingerprint density at radius 2 is 1.77 bits per heavy atom. The van der Waals surface area contributed by atoms with E-state index < -0.39 is 0 Å². The third-order valence-electron chi connectivity index (χ3n) is 4.80. The molecule has 3 aromatic rings. The zero-order valence-electron chi connectivity index (χ0n) is 18.2. The second-order valence-electron chi connectivity index (χ2n) is 7.49. The molecule has 0 radical (unpaired) electrons. The summed E-state index contributed by atoms with van der Waals surface area (Å²) in [5, 5.41) is 6.62. The fourth-order valence-corrected chi connectivity index (χ4v) is 3.57. The van der Waals surface area contributed by atoms with Gasteiger partial charge in [0.15, 0.2) is 18.1 Å². The van der Waals surface area contributed by atoms with Gasteiger partial charge in [-0.2, -0.15) is 0 Å². The van der Waals surface area contributed by atoms with Crippen LogP contribution in [0.2, 0.25) is 5.02 Å². The van der Waals surface area contributed by atoms with Crippen molar-refractivity contribution in [1.82, 2.24) is 0 Å². The zero-order valence-corrected chi connectivity index (χ0v) is 19.0. The first-order chi connectivity index (χ1) is 14.9. The van der Waals surface area contributed by atoms with Gasteiger partial charge in [-0.3, -0.25) is 4.79 Å². The van der Waals surface area contributed by atoms with E-state index in [9.17, 15) is 4.79 Å². The average molecular weight is 439 g/mol. The van der Waals surface area contributed by atoms with E-state index in [0.717, 1.165) is 22.5 Å². The van der Waals surface area contributed by atoms with Crippen LogP contribution < -0.4 is 20.1 Å². The number of benzene rings is 3. The molecule has 31 heavy (non-hydrogen) atoms. The summed E-state index contributed by atoms with van der Waals surface area (Å²) in [4.78, 5) is 12.3. The highest BCUT2D eigenvalue weighted by Crippen LogP contribution is 2.36. The topological polar surface area (TPSA) is 59.6 Å². The van der Waals surface area contributed by atoms with E-state index in [-0.39, 0.29) is 12.5 Å². The highest BCUT2D eigenvalue weighted by atomic mass is 35.5. The van der Waals surface area contributed by atoms with Crippen molar-refractivity contribution < 1.29 is 14.3 Å². The molecule has 1 amide bonds. The fraction of sp³-hybridized carbons (Fsp3) is 0.240. The molecule has 0 atom stereocenters.